The van der Waals surface area contributed by atoms with Gasteiger partial charge in [-0.15, -0.1) is 13.2 Å². The molecule has 1 nitrogen and oxygen atoms in total. The number of aliphatic hydroxyl groups is 1. The van der Waals surface area contributed by atoms with E-state index in [1.165, 1.54) is 11.1 Å². The molecule has 0 saturated heterocycles. The molecular formula is C20H28O. The van der Waals surface area contributed by atoms with Crippen molar-refractivity contribution in [3.8, 4) is 0 Å². The van der Waals surface area contributed by atoms with Crippen LogP contribution in [0.15, 0.2) is 62.4 Å². The normalized spacial score (nSPS) is 12.4. The summed E-state index contributed by atoms with van der Waals surface area (Å²) in [5.41, 5.74) is 4.01. The first-order chi connectivity index (χ1) is 9.69. The minimum absolute atomic E-state index is 0.128. The highest BCUT2D eigenvalue weighted by Gasteiger charge is 2.25. The predicted molar refractivity (Wildman–Crippen MR) is 95.5 cm³/mol. The molecule has 1 heteroatoms. The van der Waals surface area contributed by atoms with Crippen LogP contribution < -0.4 is 0 Å². The maximum absolute atomic E-state index is 9.67. The molecule has 0 spiro atoms. The lowest BCUT2D eigenvalue weighted by atomic mass is 9.80. The summed E-state index contributed by atoms with van der Waals surface area (Å²) in [4.78, 5) is 0. The van der Waals surface area contributed by atoms with Gasteiger partial charge < -0.3 is 5.11 Å². The molecule has 0 aromatic heterocycles. The van der Waals surface area contributed by atoms with Gasteiger partial charge in [0.05, 0.1) is 5.76 Å². The van der Waals surface area contributed by atoms with Gasteiger partial charge in [0.15, 0.2) is 0 Å². The second kappa shape index (κ2) is 8.31. The topological polar surface area (TPSA) is 20.2 Å². The largest absolute Gasteiger partial charge is 0.512 e. The van der Waals surface area contributed by atoms with Gasteiger partial charge in [-0.25, -0.2) is 0 Å². The van der Waals surface area contributed by atoms with Crippen molar-refractivity contribution >= 4 is 5.57 Å². The van der Waals surface area contributed by atoms with E-state index in [9.17, 15) is 5.11 Å². The van der Waals surface area contributed by atoms with Gasteiger partial charge in [0.25, 0.3) is 0 Å². The Morgan fingerprint density at radius 3 is 1.90 bits per heavy atom. The van der Waals surface area contributed by atoms with Gasteiger partial charge in [-0.3, -0.25) is 0 Å². The van der Waals surface area contributed by atoms with E-state index in [0.717, 1.165) is 11.1 Å². The molecule has 0 saturated carbocycles. The van der Waals surface area contributed by atoms with E-state index < -0.39 is 5.41 Å². The highest BCUT2D eigenvalue weighted by atomic mass is 16.3. The summed E-state index contributed by atoms with van der Waals surface area (Å²) < 4.78 is 0. The van der Waals surface area contributed by atoms with Gasteiger partial charge in [-0.1, -0.05) is 54.6 Å². The van der Waals surface area contributed by atoms with Crippen LogP contribution in [0, 0.1) is 19.3 Å². The lowest BCUT2D eigenvalue weighted by molar-refractivity contribution is 0.293. The average Bonchev–Trinajstić information content (AvgIpc) is 2.38. The van der Waals surface area contributed by atoms with Crippen molar-refractivity contribution in [3.05, 3.63) is 79.1 Å². The third-order valence-electron chi connectivity index (χ3n) is 3.32. The zero-order chi connectivity index (χ0) is 16.6. The molecule has 21 heavy (non-hydrogen) atoms. The van der Waals surface area contributed by atoms with Gasteiger partial charge in [-0.2, -0.15) is 0 Å². The van der Waals surface area contributed by atoms with Crippen molar-refractivity contribution in [1.82, 2.24) is 0 Å². The SMILES string of the molecule is C=CC.C=CC(C)(CC(=C)c1cc(C)cc(C)c1)C(=C)O. The number of hydrogen-bond acceptors (Lipinski definition) is 1. The van der Waals surface area contributed by atoms with E-state index >= 15 is 0 Å². The fourth-order valence-corrected chi connectivity index (χ4v) is 2.02. The van der Waals surface area contributed by atoms with Gasteiger partial charge in [-0.05, 0) is 45.3 Å². The van der Waals surface area contributed by atoms with E-state index in [1.807, 2.05) is 13.8 Å². The Hall–Kier alpha value is -2.02. The van der Waals surface area contributed by atoms with Gasteiger partial charge >= 0.3 is 0 Å². The highest BCUT2D eigenvalue weighted by Crippen LogP contribution is 2.36. The zero-order valence-corrected chi connectivity index (χ0v) is 13.9. The average molecular weight is 284 g/mol. The van der Waals surface area contributed by atoms with Crippen LogP contribution >= 0.6 is 0 Å². The van der Waals surface area contributed by atoms with Gasteiger partial charge in [0, 0.05) is 5.41 Å². The fourth-order valence-electron chi connectivity index (χ4n) is 2.02. The molecule has 1 atom stereocenters. The Morgan fingerprint density at radius 2 is 1.57 bits per heavy atom. The molecule has 0 bridgehead atoms. The first-order valence-electron chi connectivity index (χ1n) is 7.05. The third-order valence-corrected chi connectivity index (χ3v) is 3.32. The predicted octanol–water partition coefficient (Wildman–Crippen LogP) is 6.16. The molecule has 0 aliphatic carbocycles. The van der Waals surface area contributed by atoms with E-state index in [4.69, 9.17) is 0 Å². The van der Waals surface area contributed by atoms with Gasteiger partial charge in [0.1, 0.15) is 0 Å². The smallest absolute Gasteiger partial charge is 0.0950 e. The summed E-state index contributed by atoms with van der Waals surface area (Å²) in [7, 11) is 0. The molecule has 0 aliphatic rings. The van der Waals surface area contributed by atoms with Crippen molar-refractivity contribution in [1.29, 1.82) is 0 Å². The molecule has 0 fully saturated rings. The van der Waals surface area contributed by atoms with Crippen molar-refractivity contribution in [2.75, 3.05) is 0 Å². The van der Waals surface area contributed by atoms with Crippen LogP contribution in [-0.4, -0.2) is 5.11 Å². The maximum Gasteiger partial charge on any atom is 0.0950 e. The lowest BCUT2D eigenvalue weighted by Gasteiger charge is -2.25. The summed E-state index contributed by atoms with van der Waals surface area (Å²) in [5.74, 6) is 0.128. The van der Waals surface area contributed by atoms with E-state index in [2.05, 4.69) is 58.4 Å². The van der Waals surface area contributed by atoms with Crippen molar-refractivity contribution < 1.29 is 5.11 Å². The molecule has 0 aliphatic heterocycles. The van der Waals surface area contributed by atoms with Crippen LogP contribution in [0.3, 0.4) is 0 Å². The Morgan fingerprint density at radius 1 is 1.14 bits per heavy atom. The van der Waals surface area contributed by atoms with Crippen molar-refractivity contribution in [2.24, 2.45) is 5.41 Å². The minimum atomic E-state index is -0.519. The Labute approximate surface area is 130 Å². The molecule has 1 rings (SSSR count). The fraction of sp³-hybridized carbons (Fsp3) is 0.300. The quantitative estimate of drug-likeness (QED) is 0.507. The number of benzene rings is 1. The summed E-state index contributed by atoms with van der Waals surface area (Å²) in [6.07, 6.45) is 4.10. The zero-order valence-electron chi connectivity index (χ0n) is 13.9. The van der Waals surface area contributed by atoms with Crippen LogP contribution in [0.4, 0.5) is 0 Å². The number of aryl methyl sites for hydroxylation is 2. The monoisotopic (exact) mass is 284 g/mol. The van der Waals surface area contributed by atoms with Crippen LogP contribution in [0.5, 0.6) is 0 Å². The molecule has 1 aromatic carbocycles. The molecule has 0 radical (unpaired) electrons. The van der Waals surface area contributed by atoms with Crippen LogP contribution in [-0.2, 0) is 0 Å². The summed E-state index contributed by atoms with van der Waals surface area (Å²) in [5, 5.41) is 9.67. The van der Waals surface area contributed by atoms with Crippen molar-refractivity contribution in [3.63, 3.8) is 0 Å². The maximum atomic E-state index is 9.67. The third kappa shape index (κ3) is 5.86. The molecule has 0 heterocycles. The Kier molecular flexibility index (Phi) is 7.51. The molecular weight excluding hydrogens is 256 g/mol. The number of allylic oxidation sites excluding steroid dienone is 3. The second-order valence-corrected chi connectivity index (χ2v) is 5.63. The summed E-state index contributed by atoms with van der Waals surface area (Å²) in [6, 6.07) is 6.35. The molecule has 1 aromatic rings. The summed E-state index contributed by atoms with van der Waals surface area (Å²) >= 11 is 0. The lowest BCUT2D eigenvalue weighted by Crippen LogP contribution is -2.15. The van der Waals surface area contributed by atoms with Crippen molar-refractivity contribution in [2.45, 2.75) is 34.1 Å². The number of hydrogen-bond donors (Lipinski definition) is 1. The number of aliphatic hydroxyl groups excluding tert-OH is 1. The van der Waals surface area contributed by atoms with Crippen LogP contribution in [0.1, 0.15) is 37.0 Å². The van der Waals surface area contributed by atoms with Gasteiger partial charge in [0.2, 0.25) is 0 Å². The molecule has 1 N–H and O–H groups in total. The highest BCUT2D eigenvalue weighted by molar-refractivity contribution is 5.65. The van der Waals surface area contributed by atoms with E-state index in [0.29, 0.717) is 6.42 Å². The molecule has 0 amide bonds. The minimum Gasteiger partial charge on any atom is -0.512 e. The molecule has 114 valence electrons. The second-order valence-electron chi connectivity index (χ2n) is 5.63. The van der Waals surface area contributed by atoms with E-state index in [-0.39, 0.29) is 5.76 Å². The first kappa shape index (κ1) is 19.0. The summed E-state index contributed by atoms with van der Waals surface area (Å²) in [6.45, 7) is 22.8. The first-order valence-corrected chi connectivity index (χ1v) is 7.05. The standard InChI is InChI=1S/C17H22O.C3H6/c1-7-17(6,15(5)18)11-14(4)16-9-12(2)8-13(3)10-16;1-3-2/h7-10,18H,1,4-5,11H2,2-3,6H3;3H,1H2,2H3. The number of rotatable bonds is 5. The van der Waals surface area contributed by atoms with Crippen LogP contribution in [0.25, 0.3) is 5.57 Å². The molecule has 1 unspecified atom stereocenters. The Balaban J connectivity index is 0.00000122. The van der Waals surface area contributed by atoms with Crippen LogP contribution in [0.2, 0.25) is 0 Å². The Bertz CT molecular complexity index is 517. The van der Waals surface area contributed by atoms with E-state index in [1.54, 1.807) is 12.2 Å².